The van der Waals surface area contributed by atoms with Crippen molar-refractivity contribution in [2.75, 3.05) is 26.3 Å². The van der Waals surface area contributed by atoms with E-state index >= 15 is 0 Å². The monoisotopic (exact) mass is 410 g/mol. The zero-order chi connectivity index (χ0) is 21.3. The third kappa shape index (κ3) is 24.1. The number of nitrogens with one attached hydrogen (secondary N) is 1. The molecule has 1 N–H and O–H groups in total. The largest absolute Gasteiger partial charge is 0.304 e. The SMILES string of the molecule is CCCCCCCCCCCCCCCCCCNCN(CCCC)CCCC. The molecule has 0 aromatic heterocycles. The number of nitrogens with zero attached hydrogens (tertiary/aromatic N) is 1. The highest BCUT2D eigenvalue weighted by molar-refractivity contribution is 4.57. The first-order valence-electron chi connectivity index (χ1n) is 13.8. The first-order valence-corrected chi connectivity index (χ1v) is 13.8. The fraction of sp³-hybridized carbons (Fsp3) is 1.00. The van der Waals surface area contributed by atoms with Crippen LogP contribution in [0.3, 0.4) is 0 Å². The van der Waals surface area contributed by atoms with E-state index < -0.39 is 0 Å². The summed E-state index contributed by atoms with van der Waals surface area (Å²) in [5.74, 6) is 0. The number of hydrogen-bond acceptors (Lipinski definition) is 2. The zero-order valence-electron chi connectivity index (χ0n) is 20.9. The van der Waals surface area contributed by atoms with Gasteiger partial charge in [0, 0.05) is 6.67 Å². The molecule has 176 valence electrons. The van der Waals surface area contributed by atoms with Gasteiger partial charge in [-0.3, -0.25) is 4.90 Å². The van der Waals surface area contributed by atoms with Gasteiger partial charge in [-0.2, -0.15) is 0 Å². The Morgan fingerprint density at radius 1 is 0.414 bits per heavy atom. The Bertz CT molecular complexity index is 272. The summed E-state index contributed by atoms with van der Waals surface area (Å²) in [5, 5.41) is 3.68. The van der Waals surface area contributed by atoms with Gasteiger partial charge in [0.2, 0.25) is 0 Å². The van der Waals surface area contributed by atoms with Crippen LogP contribution in [-0.4, -0.2) is 31.2 Å². The summed E-state index contributed by atoms with van der Waals surface area (Å²) in [7, 11) is 0. The molecule has 0 amide bonds. The maximum absolute atomic E-state index is 3.68. The maximum atomic E-state index is 3.68. The molecule has 0 radical (unpaired) electrons. The maximum Gasteiger partial charge on any atom is 0.0480 e. The van der Waals surface area contributed by atoms with E-state index in [0.717, 1.165) is 6.67 Å². The van der Waals surface area contributed by atoms with Crippen molar-refractivity contribution in [2.45, 2.75) is 149 Å². The van der Waals surface area contributed by atoms with Crippen LogP contribution in [0.15, 0.2) is 0 Å². The van der Waals surface area contributed by atoms with Gasteiger partial charge in [0.1, 0.15) is 0 Å². The van der Waals surface area contributed by atoms with E-state index in [0.29, 0.717) is 0 Å². The smallest absolute Gasteiger partial charge is 0.0480 e. The Hall–Kier alpha value is -0.0800. The molecule has 0 bridgehead atoms. The molecule has 0 aromatic rings. The Balaban J connectivity index is 3.22. The lowest BCUT2D eigenvalue weighted by molar-refractivity contribution is 0.245. The lowest BCUT2D eigenvalue weighted by atomic mass is 10.0. The highest BCUT2D eigenvalue weighted by atomic mass is 15.2. The van der Waals surface area contributed by atoms with Gasteiger partial charge in [0.25, 0.3) is 0 Å². The second-order valence-electron chi connectivity index (χ2n) is 9.29. The van der Waals surface area contributed by atoms with E-state index in [-0.39, 0.29) is 0 Å². The summed E-state index contributed by atoms with van der Waals surface area (Å²) in [6, 6.07) is 0. The van der Waals surface area contributed by atoms with Crippen molar-refractivity contribution in [3.05, 3.63) is 0 Å². The Labute approximate surface area is 186 Å². The molecule has 0 heterocycles. The van der Waals surface area contributed by atoms with E-state index in [9.17, 15) is 0 Å². The summed E-state index contributed by atoms with van der Waals surface area (Å²) in [6.45, 7) is 11.7. The van der Waals surface area contributed by atoms with Crippen LogP contribution in [0, 0.1) is 0 Å². The summed E-state index contributed by atoms with van der Waals surface area (Å²) in [6.07, 6.45) is 28.5. The summed E-state index contributed by atoms with van der Waals surface area (Å²) < 4.78 is 0. The predicted octanol–water partition coefficient (Wildman–Crippen LogP) is 8.70. The number of rotatable bonds is 25. The van der Waals surface area contributed by atoms with Crippen LogP contribution in [0.2, 0.25) is 0 Å². The second-order valence-corrected chi connectivity index (χ2v) is 9.29. The molecule has 0 atom stereocenters. The van der Waals surface area contributed by atoms with Gasteiger partial charge in [-0.25, -0.2) is 0 Å². The Morgan fingerprint density at radius 3 is 1.14 bits per heavy atom. The molecule has 2 heteroatoms. The lowest BCUT2D eigenvalue weighted by Gasteiger charge is -2.22. The van der Waals surface area contributed by atoms with Gasteiger partial charge in [-0.15, -0.1) is 0 Å². The van der Waals surface area contributed by atoms with Crippen molar-refractivity contribution >= 4 is 0 Å². The molecule has 2 nitrogen and oxygen atoms in total. The van der Waals surface area contributed by atoms with Crippen LogP contribution < -0.4 is 5.32 Å². The first-order chi connectivity index (χ1) is 14.3. The number of unbranched alkanes of at least 4 members (excludes halogenated alkanes) is 17. The molecule has 0 saturated carbocycles. The Kier molecular flexibility index (Phi) is 25.9. The molecular formula is C27H58N2. The molecule has 0 aliphatic heterocycles. The topological polar surface area (TPSA) is 15.3 Å². The molecule has 0 aliphatic carbocycles. The molecular weight excluding hydrogens is 352 g/mol. The van der Waals surface area contributed by atoms with Crippen molar-refractivity contribution in [2.24, 2.45) is 0 Å². The molecule has 29 heavy (non-hydrogen) atoms. The van der Waals surface area contributed by atoms with Crippen LogP contribution in [0.5, 0.6) is 0 Å². The van der Waals surface area contributed by atoms with Crippen LogP contribution in [0.1, 0.15) is 149 Å². The minimum absolute atomic E-state index is 1.10. The quantitative estimate of drug-likeness (QED) is 0.120. The minimum atomic E-state index is 1.10. The fourth-order valence-electron chi connectivity index (χ4n) is 4.07. The highest BCUT2D eigenvalue weighted by Gasteiger charge is 2.02. The van der Waals surface area contributed by atoms with Gasteiger partial charge in [0.05, 0.1) is 0 Å². The molecule has 0 aliphatic rings. The van der Waals surface area contributed by atoms with Crippen LogP contribution in [-0.2, 0) is 0 Å². The fourth-order valence-corrected chi connectivity index (χ4v) is 4.07. The molecule has 0 fully saturated rings. The summed E-state index contributed by atoms with van der Waals surface area (Å²) in [5.41, 5.74) is 0. The molecule has 0 aromatic carbocycles. The Morgan fingerprint density at radius 2 is 0.759 bits per heavy atom. The molecule has 0 saturated heterocycles. The zero-order valence-corrected chi connectivity index (χ0v) is 20.9. The molecule has 0 spiro atoms. The van der Waals surface area contributed by atoms with Crippen molar-refractivity contribution in [1.29, 1.82) is 0 Å². The van der Waals surface area contributed by atoms with Crippen LogP contribution >= 0.6 is 0 Å². The average Bonchev–Trinajstić information content (AvgIpc) is 2.74. The molecule has 0 unspecified atom stereocenters. The third-order valence-electron chi connectivity index (χ3n) is 6.20. The third-order valence-corrected chi connectivity index (χ3v) is 6.20. The lowest BCUT2D eigenvalue weighted by Crippen LogP contribution is -2.36. The van der Waals surface area contributed by atoms with Gasteiger partial charge in [-0.1, -0.05) is 130 Å². The van der Waals surface area contributed by atoms with Gasteiger partial charge in [-0.05, 0) is 38.9 Å². The molecule has 0 rings (SSSR count). The van der Waals surface area contributed by atoms with E-state index in [1.165, 1.54) is 148 Å². The van der Waals surface area contributed by atoms with E-state index in [1.54, 1.807) is 0 Å². The van der Waals surface area contributed by atoms with Crippen molar-refractivity contribution < 1.29 is 0 Å². The highest BCUT2D eigenvalue weighted by Crippen LogP contribution is 2.13. The van der Waals surface area contributed by atoms with Gasteiger partial charge < -0.3 is 5.32 Å². The minimum Gasteiger partial charge on any atom is -0.304 e. The average molecular weight is 411 g/mol. The summed E-state index contributed by atoms with van der Waals surface area (Å²) >= 11 is 0. The van der Waals surface area contributed by atoms with E-state index in [1.807, 2.05) is 0 Å². The van der Waals surface area contributed by atoms with Crippen molar-refractivity contribution in [1.82, 2.24) is 10.2 Å². The van der Waals surface area contributed by atoms with Gasteiger partial charge >= 0.3 is 0 Å². The van der Waals surface area contributed by atoms with Gasteiger partial charge in [0.15, 0.2) is 0 Å². The van der Waals surface area contributed by atoms with Crippen molar-refractivity contribution in [3.63, 3.8) is 0 Å². The van der Waals surface area contributed by atoms with Crippen molar-refractivity contribution in [3.8, 4) is 0 Å². The normalized spacial score (nSPS) is 11.6. The summed E-state index contributed by atoms with van der Waals surface area (Å²) in [4.78, 5) is 2.61. The number of hydrogen-bond donors (Lipinski definition) is 1. The van der Waals surface area contributed by atoms with E-state index in [2.05, 4.69) is 31.0 Å². The second kappa shape index (κ2) is 26.0. The van der Waals surface area contributed by atoms with Crippen LogP contribution in [0.25, 0.3) is 0 Å². The van der Waals surface area contributed by atoms with Crippen LogP contribution in [0.4, 0.5) is 0 Å². The van der Waals surface area contributed by atoms with E-state index in [4.69, 9.17) is 0 Å². The predicted molar refractivity (Wildman–Crippen MR) is 134 cm³/mol. The standard InChI is InChI=1S/C27H58N2/c1-4-7-10-11-12-13-14-15-16-17-18-19-20-21-22-23-24-28-27-29(25-8-5-2)26-9-6-3/h28H,4-27H2,1-3H3. The first kappa shape index (κ1) is 28.9.